The number of rotatable bonds is 33. The SMILES string of the molecule is CCC(C)C(NC(=O)C(C)NC(=O)C(CCCN=C(N)N)NC(=O)C(CC(=O)O)NC(=O)CNC(=O)C(N)CS)C(=O)NC(CCC(=O)O)C(=O)NCC(=O)NC(CCCN=C(N)N)C(=O)O. The van der Waals surface area contributed by atoms with Crippen molar-refractivity contribution in [3.05, 3.63) is 0 Å². The highest BCUT2D eigenvalue weighted by atomic mass is 32.1. The normalized spacial score (nSPS) is 14.2. The summed E-state index contributed by atoms with van der Waals surface area (Å²) in [6.45, 7) is 3.07. The van der Waals surface area contributed by atoms with Crippen LogP contribution in [0.25, 0.3) is 0 Å². The van der Waals surface area contributed by atoms with E-state index in [2.05, 4.69) is 65.1 Å². The Balaban J connectivity index is 6.11. The minimum atomic E-state index is -1.76. The van der Waals surface area contributed by atoms with Gasteiger partial charge in [-0.25, -0.2) is 4.79 Å². The number of amides is 8. The second-order valence-corrected chi connectivity index (χ2v) is 15.3. The largest absolute Gasteiger partial charge is 0.481 e. The number of carboxylic acid groups (broad SMARTS) is 3. The van der Waals surface area contributed by atoms with Crippen LogP contribution in [0, 0.1) is 5.92 Å². The molecular weight excluding hydrogens is 911 g/mol. The Hall–Kier alpha value is -6.98. The standard InChI is InChI=1S/C37H65N15O14S/c1-4-17(2)28(34(64)51-21(9-10-26(55)56)31(61)46-15-24(53)48-22(35(65)66)8-6-12-44-37(41)42)52-29(59)18(3)47-32(62)20(7-5-11-43-36(39)40)50-33(63)23(13-27(57)58)49-25(54)14-45-30(60)19(38)16-67/h17-23,28,67H,4-16,38H2,1-3H3,(H,45,60)(H,46,61)(H,47,62)(H,48,53)(H,49,54)(H,50,63)(H,51,64)(H,52,59)(H,55,56)(H,57,58)(H,65,66)(H4,39,40,43)(H4,41,42,44). The average molecular weight is 976 g/mol. The first-order valence-electron chi connectivity index (χ1n) is 20.8. The van der Waals surface area contributed by atoms with Crippen molar-refractivity contribution in [3.8, 4) is 0 Å². The zero-order chi connectivity index (χ0) is 51.4. The number of nitrogens with zero attached hydrogens (tertiary/aromatic N) is 2. The first kappa shape index (κ1) is 60.0. The number of nitrogens with two attached hydrogens (primary N) is 5. The predicted octanol–water partition coefficient (Wildman–Crippen LogP) is -7.02. The van der Waals surface area contributed by atoms with Crippen molar-refractivity contribution >= 4 is 89.7 Å². The van der Waals surface area contributed by atoms with Gasteiger partial charge in [-0.15, -0.1) is 0 Å². The summed E-state index contributed by atoms with van der Waals surface area (Å²) in [6.07, 6.45) is -1.78. The smallest absolute Gasteiger partial charge is 0.326 e. The highest BCUT2D eigenvalue weighted by Crippen LogP contribution is 2.11. The number of carboxylic acids is 3. The Morgan fingerprint density at radius 2 is 1.04 bits per heavy atom. The van der Waals surface area contributed by atoms with Gasteiger partial charge in [-0.2, -0.15) is 12.6 Å². The van der Waals surface area contributed by atoms with E-state index in [1.807, 2.05) is 0 Å². The van der Waals surface area contributed by atoms with Crippen LogP contribution in [-0.4, -0.2) is 167 Å². The van der Waals surface area contributed by atoms with Crippen molar-refractivity contribution in [1.82, 2.24) is 42.5 Å². The molecule has 0 aromatic carbocycles. The van der Waals surface area contributed by atoms with Gasteiger partial charge in [0.2, 0.25) is 47.3 Å². The molecule has 8 unspecified atom stereocenters. The first-order chi connectivity index (χ1) is 31.3. The van der Waals surface area contributed by atoms with Crippen LogP contribution in [0.4, 0.5) is 0 Å². The Kier molecular flexibility index (Phi) is 28.5. The fourth-order valence-corrected chi connectivity index (χ4v) is 5.68. The van der Waals surface area contributed by atoms with Crippen molar-refractivity contribution in [3.63, 3.8) is 0 Å². The van der Waals surface area contributed by atoms with Gasteiger partial charge in [0, 0.05) is 25.3 Å². The first-order valence-corrected chi connectivity index (χ1v) is 21.5. The molecule has 0 aliphatic heterocycles. The van der Waals surface area contributed by atoms with Gasteiger partial charge in [0.25, 0.3) is 0 Å². The maximum Gasteiger partial charge on any atom is 0.326 e. The molecule has 0 heterocycles. The number of hydrogen-bond donors (Lipinski definition) is 17. The Morgan fingerprint density at radius 1 is 0.567 bits per heavy atom. The molecule has 8 atom stereocenters. The van der Waals surface area contributed by atoms with Crippen LogP contribution in [0.15, 0.2) is 9.98 Å². The highest BCUT2D eigenvalue weighted by Gasteiger charge is 2.34. The molecule has 30 heteroatoms. The second-order valence-electron chi connectivity index (χ2n) is 15.0. The third-order valence-corrected chi connectivity index (χ3v) is 9.79. The molecule has 8 amide bonds. The Bertz CT molecular complexity index is 1810. The maximum absolute atomic E-state index is 13.7. The van der Waals surface area contributed by atoms with E-state index in [0.29, 0.717) is 0 Å². The highest BCUT2D eigenvalue weighted by molar-refractivity contribution is 7.80. The number of aliphatic carboxylic acids is 3. The minimum Gasteiger partial charge on any atom is -0.481 e. The Labute approximate surface area is 390 Å². The minimum absolute atomic E-state index is 0.0280. The van der Waals surface area contributed by atoms with Gasteiger partial charge < -0.3 is 86.5 Å². The monoisotopic (exact) mass is 975 g/mol. The molecule has 0 spiro atoms. The molecule has 0 fully saturated rings. The van der Waals surface area contributed by atoms with Crippen LogP contribution < -0.4 is 71.2 Å². The molecule has 0 aromatic rings. The van der Waals surface area contributed by atoms with Gasteiger partial charge in [-0.3, -0.25) is 57.9 Å². The third kappa shape index (κ3) is 25.9. The van der Waals surface area contributed by atoms with E-state index in [9.17, 15) is 68.1 Å². The molecule has 29 nitrogen and oxygen atoms in total. The maximum atomic E-state index is 13.7. The number of aliphatic imine (C=N–C) groups is 2. The summed E-state index contributed by atoms with van der Waals surface area (Å²) < 4.78 is 0. The molecule has 0 saturated heterocycles. The van der Waals surface area contributed by atoms with Crippen molar-refractivity contribution in [1.29, 1.82) is 0 Å². The Morgan fingerprint density at radius 3 is 1.52 bits per heavy atom. The predicted molar refractivity (Wildman–Crippen MR) is 241 cm³/mol. The van der Waals surface area contributed by atoms with Gasteiger partial charge in [0.15, 0.2) is 11.9 Å². The molecule has 0 radical (unpaired) electrons. The number of hydrogen-bond acceptors (Lipinski definition) is 15. The van der Waals surface area contributed by atoms with Crippen LogP contribution in [0.5, 0.6) is 0 Å². The van der Waals surface area contributed by atoms with Crippen LogP contribution in [-0.2, 0) is 52.7 Å². The molecule has 378 valence electrons. The lowest BCUT2D eigenvalue weighted by molar-refractivity contribution is -0.142. The van der Waals surface area contributed by atoms with Gasteiger partial charge in [-0.05, 0) is 44.9 Å². The molecule has 0 rings (SSSR count). The van der Waals surface area contributed by atoms with E-state index in [4.69, 9.17) is 28.7 Å². The summed E-state index contributed by atoms with van der Waals surface area (Å²) in [4.78, 5) is 147. The summed E-state index contributed by atoms with van der Waals surface area (Å²) >= 11 is 3.89. The molecule has 0 aliphatic rings. The molecule has 0 aliphatic carbocycles. The summed E-state index contributed by atoms with van der Waals surface area (Å²) in [5.41, 5.74) is 26.8. The zero-order valence-electron chi connectivity index (χ0n) is 37.4. The molecule has 21 N–H and O–H groups in total. The number of guanidine groups is 2. The summed E-state index contributed by atoms with van der Waals surface area (Å²) in [6, 6.07) is -10.1. The van der Waals surface area contributed by atoms with Crippen molar-refractivity contribution in [2.45, 2.75) is 114 Å². The summed E-state index contributed by atoms with van der Waals surface area (Å²) in [5, 5.41) is 46.6. The molecule has 67 heavy (non-hydrogen) atoms. The number of thiol groups is 1. The summed E-state index contributed by atoms with van der Waals surface area (Å²) in [7, 11) is 0. The van der Waals surface area contributed by atoms with E-state index >= 15 is 0 Å². The van der Waals surface area contributed by atoms with Crippen molar-refractivity contribution in [2.24, 2.45) is 44.6 Å². The van der Waals surface area contributed by atoms with E-state index in [-0.39, 0.29) is 62.9 Å². The van der Waals surface area contributed by atoms with E-state index in [0.717, 1.165) is 0 Å². The van der Waals surface area contributed by atoms with Gasteiger partial charge in [0.1, 0.15) is 36.3 Å². The molecular formula is C37H65N15O14S. The summed E-state index contributed by atoms with van der Waals surface area (Å²) in [5.74, 6) is -13.1. The third-order valence-electron chi connectivity index (χ3n) is 9.39. The quantitative estimate of drug-likeness (QED) is 0.0126. The fourth-order valence-electron chi connectivity index (χ4n) is 5.51. The molecule has 0 saturated carbocycles. The van der Waals surface area contributed by atoms with Gasteiger partial charge >= 0.3 is 17.9 Å². The molecule has 0 aromatic heterocycles. The molecule has 0 bridgehead atoms. The van der Waals surface area contributed by atoms with Gasteiger partial charge in [0.05, 0.1) is 25.6 Å². The van der Waals surface area contributed by atoms with Crippen LogP contribution in [0.1, 0.15) is 72.1 Å². The van der Waals surface area contributed by atoms with Crippen LogP contribution in [0.2, 0.25) is 0 Å². The van der Waals surface area contributed by atoms with Crippen LogP contribution in [0.3, 0.4) is 0 Å². The zero-order valence-corrected chi connectivity index (χ0v) is 38.3. The fraction of sp³-hybridized carbons (Fsp3) is 0.649. The number of nitrogens with one attached hydrogen (secondary N) is 8. The average Bonchev–Trinajstić information content (AvgIpc) is 3.25. The lowest BCUT2D eigenvalue weighted by Gasteiger charge is -2.28. The van der Waals surface area contributed by atoms with E-state index in [1.165, 1.54) is 6.92 Å². The van der Waals surface area contributed by atoms with E-state index in [1.54, 1.807) is 13.8 Å². The van der Waals surface area contributed by atoms with Crippen molar-refractivity contribution in [2.75, 3.05) is 31.9 Å². The number of carbonyl (C=O) groups is 11. The second kappa shape index (κ2) is 31.8. The lowest BCUT2D eigenvalue weighted by Crippen LogP contribution is -2.60. The number of carbonyl (C=O) groups excluding carboxylic acids is 8. The van der Waals surface area contributed by atoms with Gasteiger partial charge in [-0.1, -0.05) is 20.3 Å². The van der Waals surface area contributed by atoms with Crippen LogP contribution >= 0.6 is 12.6 Å². The topological polar surface area (TPSA) is 500 Å². The lowest BCUT2D eigenvalue weighted by atomic mass is 9.97. The van der Waals surface area contributed by atoms with Crippen molar-refractivity contribution < 1.29 is 68.1 Å². The van der Waals surface area contributed by atoms with E-state index < -0.39 is 146 Å².